The van der Waals surface area contributed by atoms with E-state index in [-0.39, 0.29) is 17.8 Å². The number of aryl methyl sites for hydroxylation is 2. The topological polar surface area (TPSA) is 46.5 Å². The molecule has 1 aromatic rings. The third kappa shape index (κ3) is 3.37. The van der Waals surface area contributed by atoms with Gasteiger partial charge in [0, 0.05) is 11.6 Å². The van der Waals surface area contributed by atoms with Gasteiger partial charge in [-0.15, -0.1) is 0 Å². The van der Waals surface area contributed by atoms with Gasteiger partial charge in [0.2, 0.25) is 0 Å². The fourth-order valence-electron chi connectivity index (χ4n) is 2.21. The Balaban J connectivity index is 3.32. The van der Waals surface area contributed by atoms with E-state index in [2.05, 4.69) is 6.58 Å². The van der Waals surface area contributed by atoms with Crippen LogP contribution in [0.5, 0.6) is 5.75 Å². The van der Waals surface area contributed by atoms with Gasteiger partial charge in [-0.3, -0.25) is 0 Å². The van der Waals surface area contributed by atoms with Gasteiger partial charge in [-0.2, -0.15) is 0 Å². The molecule has 0 fully saturated rings. The number of esters is 1. The van der Waals surface area contributed by atoms with Crippen LogP contribution < -0.4 is 0 Å². The average Bonchev–Trinajstić information content (AvgIpc) is 2.29. The molecule has 1 N–H and O–H groups in total. The van der Waals surface area contributed by atoms with Gasteiger partial charge in [0.1, 0.15) is 12.4 Å². The fourth-order valence-corrected chi connectivity index (χ4v) is 2.21. The van der Waals surface area contributed by atoms with Gasteiger partial charge < -0.3 is 9.84 Å². The summed E-state index contributed by atoms with van der Waals surface area (Å²) in [5.74, 6) is -0.179. The standard InChI is InChI=1S/C16H22O3/c1-7-13(17)19-9-12-10(2)8-11(3)15(18)14(12)16(4,5)6/h7-8,18H,1,9H2,2-6H3. The zero-order valence-corrected chi connectivity index (χ0v) is 12.3. The monoisotopic (exact) mass is 262 g/mol. The lowest BCUT2D eigenvalue weighted by molar-refractivity contribution is -0.139. The summed E-state index contributed by atoms with van der Waals surface area (Å²) >= 11 is 0. The van der Waals surface area contributed by atoms with Crippen LogP contribution in [0.3, 0.4) is 0 Å². The van der Waals surface area contributed by atoms with Gasteiger partial charge in [0.05, 0.1) is 0 Å². The fraction of sp³-hybridized carbons (Fsp3) is 0.438. The number of benzene rings is 1. The Kier molecular flexibility index (Phi) is 4.40. The molecule has 1 rings (SSSR count). The van der Waals surface area contributed by atoms with Crippen molar-refractivity contribution < 1.29 is 14.6 Å². The Hall–Kier alpha value is -1.77. The van der Waals surface area contributed by atoms with Crippen LogP contribution in [0.1, 0.15) is 43.0 Å². The normalized spacial score (nSPS) is 11.2. The summed E-state index contributed by atoms with van der Waals surface area (Å²) in [5.41, 5.74) is 3.32. The SMILES string of the molecule is C=CC(=O)OCc1c(C)cc(C)c(O)c1C(C)(C)C. The Morgan fingerprint density at radius 3 is 2.42 bits per heavy atom. The highest BCUT2D eigenvalue weighted by Gasteiger charge is 2.25. The van der Waals surface area contributed by atoms with Gasteiger partial charge in [0.15, 0.2) is 0 Å². The highest BCUT2D eigenvalue weighted by atomic mass is 16.5. The molecule has 19 heavy (non-hydrogen) atoms. The molecule has 0 amide bonds. The summed E-state index contributed by atoms with van der Waals surface area (Å²) in [5, 5.41) is 10.3. The van der Waals surface area contributed by atoms with Crippen LogP contribution in [-0.2, 0) is 21.6 Å². The maximum atomic E-state index is 11.2. The third-order valence-electron chi connectivity index (χ3n) is 3.10. The predicted octanol–water partition coefficient (Wildman–Crippen LogP) is 3.54. The van der Waals surface area contributed by atoms with Crippen LogP contribution >= 0.6 is 0 Å². The number of carbonyl (C=O) groups excluding carboxylic acids is 1. The van der Waals surface area contributed by atoms with Gasteiger partial charge in [-0.05, 0) is 36.0 Å². The van der Waals surface area contributed by atoms with Gasteiger partial charge in [0.25, 0.3) is 0 Å². The van der Waals surface area contributed by atoms with Crippen molar-refractivity contribution in [1.29, 1.82) is 0 Å². The molecule has 0 saturated carbocycles. The van der Waals surface area contributed by atoms with Crippen molar-refractivity contribution >= 4 is 5.97 Å². The van der Waals surface area contributed by atoms with Crippen LogP contribution in [0.4, 0.5) is 0 Å². The first-order valence-electron chi connectivity index (χ1n) is 6.30. The van der Waals surface area contributed by atoms with Crippen LogP contribution in [0.25, 0.3) is 0 Å². The second-order valence-corrected chi connectivity index (χ2v) is 5.77. The molecule has 104 valence electrons. The minimum atomic E-state index is -0.459. The molecule has 0 spiro atoms. The number of phenols is 1. The van der Waals surface area contributed by atoms with Crippen LogP contribution in [0.2, 0.25) is 0 Å². The zero-order chi connectivity index (χ0) is 14.8. The Bertz CT molecular complexity index is 508. The number of hydrogen-bond donors (Lipinski definition) is 1. The van der Waals surface area contributed by atoms with E-state index in [9.17, 15) is 9.90 Å². The maximum Gasteiger partial charge on any atom is 0.330 e. The summed E-state index contributed by atoms with van der Waals surface area (Å²) < 4.78 is 5.12. The molecule has 0 saturated heterocycles. The molecule has 0 unspecified atom stereocenters. The molecule has 0 atom stereocenters. The van der Waals surface area contributed by atoms with E-state index in [0.29, 0.717) is 0 Å². The predicted molar refractivity (Wildman–Crippen MR) is 76.3 cm³/mol. The highest BCUT2D eigenvalue weighted by Crippen LogP contribution is 2.38. The molecule has 3 heteroatoms. The lowest BCUT2D eigenvalue weighted by Crippen LogP contribution is -2.17. The summed E-state index contributed by atoms with van der Waals surface area (Å²) in [6.45, 7) is 13.4. The third-order valence-corrected chi connectivity index (χ3v) is 3.10. The number of hydrogen-bond acceptors (Lipinski definition) is 3. The lowest BCUT2D eigenvalue weighted by Gasteiger charge is -2.26. The second kappa shape index (κ2) is 5.47. The minimum absolute atomic E-state index is 0.150. The quantitative estimate of drug-likeness (QED) is 0.669. The smallest absolute Gasteiger partial charge is 0.330 e. The molecule has 0 bridgehead atoms. The molecule has 0 aliphatic carbocycles. The number of aromatic hydroxyl groups is 1. The molecule has 0 aliphatic heterocycles. The number of rotatable bonds is 3. The average molecular weight is 262 g/mol. The van der Waals surface area contributed by atoms with E-state index in [1.54, 1.807) is 0 Å². The molecule has 3 nitrogen and oxygen atoms in total. The van der Waals surface area contributed by atoms with Crippen molar-refractivity contribution in [2.45, 2.75) is 46.6 Å². The lowest BCUT2D eigenvalue weighted by atomic mass is 9.80. The highest BCUT2D eigenvalue weighted by molar-refractivity contribution is 5.81. The maximum absolute atomic E-state index is 11.2. The molecule has 0 radical (unpaired) electrons. The number of phenolic OH excluding ortho intramolecular Hbond substituents is 1. The largest absolute Gasteiger partial charge is 0.507 e. The van der Waals surface area contributed by atoms with Crippen molar-refractivity contribution in [3.05, 3.63) is 41.0 Å². The van der Waals surface area contributed by atoms with Crippen molar-refractivity contribution in [1.82, 2.24) is 0 Å². The molecule has 0 aliphatic rings. The first-order chi connectivity index (χ1) is 8.68. The molecule has 0 heterocycles. The first-order valence-corrected chi connectivity index (χ1v) is 6.30. The van der Waals surface area contributed by atoms with Crippen LogP contribution in [0.15, 0.2) is 18.7 Å². The van der Waals surface area contributed by atoms with Crippen LogP contribution in [0, 0.1) is 13.8 Å². The Morgan fingerprint density at radius 1 is 1.37 bits per heavy atom. The molecule has 0 aromatic heterocycles. The summed E-state index contributed by atoms with van der Waals surface area (Å²) in [7, 11) is 0. The van der Waals surface area contributed by atoms with Crippen molar-refractivity contribution in [2.75, 3.05) is 0 Å². The Labute approximate surface area is 114 Å². The summed E-state index contributed by atoms with van der Waals surface area (Å²) in [4.78, 5) is 11.2. The van der Waals surface area contributed by atoms with E-state index in [0.717, 1.165) is 28.3 Å². The van der Waals surface area contributed by atoms with Gasteiger partial charge in [-0.1, -0.05) is 33.4 Å². The first kappa shape index (κ1) is 15.3. The Morgan fingerprint density at radius 2 is 1.95 bits per heavy atom. The van der Waals surface area contributed by atoms with E-state index < -0.39 is 5.97 Å². The zero-order valence-electron chi connectivity index (χ0n) is 12.3. The van der Waals surface area contributed by atoms with Crippen molar-refractivity contribution in [3.63, 3.8) is 0 Å². The minimum Gasteiger partial charge on any atom is -0.507 e. The van der Waals surface area contributed by atoms with E-state index in [1.165, 1.54) is 0 Å². The van der Waals surface area contributed by atoms with Crippen molar-refractivity contribution in [3.8, 4) is 5.75 Å². The van der Waals surface area contributed by atoms with Gasteiger partial charge in [-0.25, -0.2) is 4.79 Å². The number of carbonyl (C=O) groups is 1. The van der Waals surface area contributed by atoms with Crippen LogP contribution in [-0.4, -0.2) is 11.1 Å². The van der Waals surface area contributed by atoms with Gasteiger partial charge >= 0.3 is 5.97 Å². The summed E-state index contributed by atoms with van der Waals surface area (Å²) in [6, 6.07) is 1.90. The van der Waals surface area contributed by atoms with E-state index in [4.69, 9.17) is 4.74 Å². The van der Waals surface area contributed by atoms with E-state index >= 15 is 0 Å². The molecular formula is C16H22O3. The molecular weight excluding hydrogens is 240 g/mol. The molecule has 1 aromatic carbocycles. The number of ether oxygens (including phenoxy) is 1. The van der Waals surface area contributed by atoms with E-state index in [1.807, 2.05) is 40.7 Å². The summed E-state index contributed by atoms with van der Waals surface area (Å²) in [6.07, 6.45) is 1.14. The van der Waals surface area contributed by atoms with Crippen molar-refractivity contribution in [2.24, 2.45) is 0 Å². The second-order valence-electron chi connectivity index (χ2n) is 5.77.